The number of piperazine rings is 1. The molecule has 1 aromatic heterocycles. The summed E-state index contributed by atoms with van der Waals surface area (Å²) in [4.78, 5) is 11.0. The molecule has 0 amide bonds. The topological polar surface area (TPSA) is 19.4 Å². The predicted molar refractivity (Wildman–Crippen MR) is 102 cm³/mol. The third kappa shape index (κ3) is 4.59. The largest absolute Gasteiger partial charge is 0.297 e. The fourth-order valence-electron chi connectivity index (χ4n) is 3.22. The molecule has 24 heavy (non-hydrogen) atoms. The lowest BCUT2D eigenvalue weighted by atomic mass is 10.1. The summed E-state index contributed by atoms with van der Waals surface area (Å²) in [6.07, 6.45) is 4.11. The Kier molecular flexibility index (Phi) is 5.93. The van der Waals surface area contributed by atoms with E-state index in [2.05, 4.69) is 65.2 Å². The van der Waals surface area contributed by atoms with Crippen LogP contribution in [0.25, 0.3) is 0 Å². The van der Waals surface area contributed by atoms with Gasteiger partial charge < -0.3 is 0 Å². The maximum atomic E-state index is 4.62. The molecule has 0 atom stereocenters. The summed E-state index contributed by atoms with van der Waals surface area (Å²) in [7, 11) is 0. The highest BCUT2D eigenvalue weighted by Gasteiger charge is 2.18. The SMILES string of the molecule is CSc1ccc(CN2CCN(Cc3ncc(C)cc3C)CC2)cc1. The maximum absolute atomic E-state index is 4.62. The van der Waals surface area contributed by atoms with Gasteiger partial charge in [-0.05, 0) is 48.9 Å². The van der Waals surface area contributed by atoms with E-state index in [1.807, 2.05) is 6.20 Å². The molecule has 4 heteroatoms. The molecule has 1 saturated heterocycles. The lowest BCUT2D eigenvalue weighted by Gasteiger charge is -2.34. The molecule has 0 radical (unpaired) electrons. The Labute approximate surface area is 150 Å². The fourth-order valence-corrected chi connectivity index (χ4v) is 3.62. The average molecular weight is 342 g/mol. The molecule has 1 aliphatic heterocycles. The second-order valence-electron chi connectivity index (χ2n) is 6.68. The van der Waals surface area contributed by atoms with E-state index in [0.29, 0.717) is 0 Å². The molecule has 1 fully saturated rings. The molecule has 2 aromatic rings. The van der Waals surface area contributed by atoms with Crippen LogP contribution in [0.3, 0.4) is 0 Å². The van der Waals surface area contributed by atoms with Crippen molar-refractivity contribution >= 4 is 11.8 Å². The molecule has 0 spiro atoms. The zero-order valence-electron chi connectivity index (χ0n) is 15.0. The first-order valence-electron chi connectivity index (χ1n) is 8.64. The van der Waals surface area contributed by atoms with Crippen molar-refractivity contribution in [2.75, 3.05) is 32.4 Å². The fraction of sp³-hybridized carbons (Fsp3) is 0.450. The molecule has 0 aliphatic carbocycles. The number of hydrogen-bond donors (Lipinski definition) is 0. The van der Waals surface area contributed by atoms with Gasteiger partial charge >= 0.3 is 0 Å². The van der Waals surface area contributed by atoms with Crippen molar-refractivity contribution in [3.8, 4) is 0 Å². The number of nitrogens with zero attached hydrogens (tertiary/aromatic N) is 3. The minimum atomic E-state index is 0.975. The zero-order valence-corrected chi connectivity index (χ0v) is 15.8. The molecule has 1 aromatic carbocycles. The number of pyridine rings is 1. The standard InChI is InChI=1S/C20H27N3S/c1-16-12-17(2)20(21-13-16)15-23-10-8-22(9-11-23)14-18-4-6-19(24-3)7-5-18/h4-7,12-13H,8-11,14-15H2,1-3H3. The molecular weight excluding hydrogens is 314 g/mol. The van der Waals surface area contributed by atoms with Gasteiger partial charge in [-0.25, -0.2) is 0 Å². The third-order valence-corrected chi connectivity index (χ3v) is 5.47. The van der Waals surface area contributed by atoms with Crippen LogP contribution in [0.15, 0.2) is 41.4 Å². The molecule has 3 nitrogen and oxygen atoms in total. The van der Waals surface area contributed by atoms with E-state index in [1.54, 1.807) is 11.8 Å². The van der Waals surface area contributed by atoms with E-state index in [1.165, 1.54) is 27.3 Å². The molecule has 0 N–H and O–H groups in total. The van der Waals surface area contributed by atoms with Crippen LogP contribution in [0.5, 0.6) is 0 Å². The third-order valence-electron chi connectivity index (χ3n) is 4.73. The lowest BCUT2D eigenvalue weighted by molar-refractivity contribution is 0.121. The van der Waals surface area contributed by atoms with Crippen molar-refractivity contribution in [1.82, 2.24) is 14.8 Å². The van der Waals surface area contributed by atoms with Gasteiger partial charge in [0.2, 0.25) is 0 Å². The van der Waals surface area contributed by atoms with Gasteiger partial charge in [-0.3, -0.25) is 14.8 Å². The Balaban J connectivity index is 1.50. The summed E-state index contributed by atoms with van der Waals surface area (Å²) in [5, 5.41) is 0. The Morgan fingerprint density at radius 1 is 0.958 bits per heavy atom. The Bertz CT molecular complexity index is 661. The monoisotopic (exact) mass is 341 g/mol. The summed E-state index contributed by atoms with van der Waals surface area (Å²) in [6, 6.07) is 11.2. The first kappa shape index (κ1) is 17.5. The maximum Gasteiger partial charge on any atom is 0.0573 e. The van der Waals surface area contributed by atoms with E-state index in [0.717, 1.165) is 39.3 Å². The second-order valence-corrected chi connectivity index (χ2v) is 7.56. The van der Waals surface area contributed by atoms with Gasteiger partial charge in [-0.1, -0.05) is 18.2 Å². The highest BCUT2D eigenvalue weighted by molar-refractivity contribution is 7.98. The van der Waals surface area contributed by atoms with Crippen molar-refractivity contribution in [3.63, 3.8) is 0 Å². The summed E-state index contributed by atoms with van der Waals surface area (Å²) >= 11 is 1.80. The van der Waals surface area contributed by atoms with Crippen molar-refractivity contribution in [2.45, 2.75) is 31.8 Å². The van der Waals surface area contributed by atoms with Crippen molar-refractivity contribution < 1.29 is 0 Å². The molecule has 3 rings (SSSR count). The van der Waals surface area contributed by atoms with Gasteiger partial charge in [0.15, 0.2) is 0 Å². The normalized spacial score (nSPS) is 16.5. The van der Waals surface area contributed by atoms with Crippen LogP contribution in [0.1, 0.15) is 22.4 Å². The van der Waals surface area contributed by atoms with Crippen molar-refractivity contribution in [2.24, 2.45) is 0 Å². The molecule has 128 valence electrons. The summed E-state index contributed by atoms with van der Waals surface area (Å²) in [6.45, 7) is 10.8. The number of aryl methyl sites for hydroxylation is 2. The zero-order chi connectivity index (χ0) is 16.9. The molecular formula is C20H27N3S. The molecule has 2 heterocycles. The molecule has 0 bridgehead atoms. The van der Waals surface area contributed by atoms with Gasteiger partial charge in [-0.15, -0.1) is 11.8 Å². The first-order chi connectivity index (χ1) is 11.6. The first-order valence-corrected chi connectivity index (χ1v) is 9.86. The number of aromatic nitrogens is 1. The Morgan fingerprint density at radius 3 is 2.17 bits per heavy atom. The van der Waals surface area contributed by atoms with Crippen LogP contribution in [0.4, 0.5) is 0 Å². The number of benzene rings is 1. The van der Waals surface area contributed by atoms with Crippen LogP contribution >= 0.6 is 11.8 Å². The van der Waals surface area contributed by atoms with Gasteiger partial charge in [-0.2, -0.15) is 0 Å². The van der Waals surface area contributed by atoms with E-state index in [9.17, 15) is 0 Å². The minimum Gasteiger partial charge on any atom is -0.297 e. The van der Waals surface area contributed by atoms with E-state index in [4.69, 9.17) is 0 Å². The summed E-state index contributed by atoms with van der Waals surface area (Å²) in [5.41, 5.74) is 5.19. The quantitative estimate of drug-likeness (QED) is 0.771. The molecule has 0 saturated carbocycles. The van der Waals surface area contributed by atoms with E-state index >= 15 is 0 Å². The van der Waals surface area contributed by atoms with E-state index in [-0.39, 0.29) is 0 Å². The Morgan fingerprint density at radius 2 is 1.58 bits per heavy atom. The van der Waals surface area contributed by atoms with Gasteiger partial charge in [0.1, 0.15) is 0 Å². The smallest absolute Gasteiger partial charge is 0.0573 e. The van der Waals surface area contributed by atoms with Crippen LogP contribution < -0.4 is 0 Å². The molecule has 0 unspecified atom stereocenters. The number of rotatable bonds is 5. The van der Waals surface area contributed by atoms with Gasteiger partial charge in [0, 0.05) is 50.4 Å². The Hall–Kier alpha value is -1.36. The average Bonchev–Trinajstić information content (AvgIpc) is 2.60. The minimum absolute atomic E-state index is 0.975. The van der Waals surface area contributed by atoms with Gasteiger partial charge in [0.05, 0.1) is 5.69 Å². The van der Waals surface area contributed by atoms with Gasteiger partial charge in [0.25, 0.3) is 0 Å². The van der Waals surface area contributed by atoms with Crippen LogP contribution in [-0.2, 0) is 13.1 Å². The predicted octanol–water partition coefficient (Wildman–Crippen LogP) is 3.74. The molecule has 1 aliphatic rings. The van der Waals surface area contributed by atoms with Crippen LogP contribution in [0, 0.1) is 13.8 Å². The number of hydrogen-bond acceptors (Lipinski definition) is 4. The summed E-state index contributed by atoms with van der Waals surface area (Å²) in [5.74, 6) is 0. The highest BCUT2D eigenvalue weighted by atomic mass is 32.2. The summed E-state index contributed by atoms with van der Waals surface area (Å²) < 4.78 is 0. The van der Waals surface area contributed by atoms with Crippen LogP contribution in [-0.4, -0.2) is 47.2 Å². The highest BCUT2D eigenvalue weighted by Crippen LogP contribution is 2.17. The second kappa shape index (κ2) is 8.15. The van der Waals surface area contributed by atoms with Crippen molar-refractivity contribution in [1.29, 1.82) is 0 Å². The lowest BCUT2D eigenvalue weighted by Crippen LogP contribution is -2.45. The van der Waals surface area contributed by atoms with Crippen LogP contribution in [0.2, 0.25) is 0 Å². The van der Waals surface area contributed by atoms with Crippen molar-refractivity contribution in [3.05, 3.63) is 58.9 Å². The van der Waals surface area contributed by atoms with E-state index < -0.39 is 0 Å². The number of thioether (sulfide) groups is 1.